The summed E-state index contributed by atoms with van der Waals surface area (Å²) in [4.78, 5) is 20.5. The smallest absolute Gasteiger partial charge is 0.223 e. The van der Waals surface area contributed by atoms with E-state index in [-0.39, 0.29) is 23.7 Å². The normalized spacial score (nSPS) is 16.4. The Morgan fingerprint density at radius 3 is 2.52 bits per heavy atom. The quantitative estimate of drug-likeness (QED) is 0.656. The summed E-state index contributed by atoms with van der Waals surface area (Å²) in [7, 11) is 0. The lowest BCUT2D eigenvalue weighted by molar-refractivity contribution is -0.127. The molecule has 0 aliphatic carbocycles. The zero-order chi connectivity index (χ0) is 20.1. The Morgan fingerprint density at radius 1 is 1.14 bits per heavy atom. The Bertz CT molecular complexity index is 907. The molecule has 1 N–H and O–H groups in total. The number of pyridine rings is 1. The van der Waals surface area contributed by atoms with Gasteiger partial charge in [-0.05, 0) is 72.8 Å². The molecule has 6 heteroatoms. The first-order valence-electron chi connectivity index (χ1n) is 9.89. The molecule has 1 aliphatic rings. The fraction of sp³-hybridized carbons (Fsp3) is 0.304. The van der Waals surface area contributed by atoms with Crippen molar-refractivity contribution in [3.05, 3.63) is 88.1 Å². The van der Waals surface area contributed by atoms with Crippen LogP contribution < -0.4 is 5.32 Å². The predicted molar refractivity (Wildman–Crippen MR) is 113 cm³/mol. The van der Waals surface area contributed by atoms with E-state index < -0.39 is 0 Å². The van der Waals surface area contributed by atoms with Crippen molar-refractivity contribution < 1.29 is 9.18 Å². The summed E-state index contributed by atoms with van der Waals surface area (Å²) in [6, 6.07) is 14.2. The molecule has 0 radical (unpaired) electrons. The fourth-order valence-corrected chi connectivity index (χ4v) is 4.59. The Hall–Kier alpha value is -2.57. The molecule has 0 spiro atoms. The van der Waals surface area contributed by atoms with Crippen LogP contribution in [0.4, 0.5) is 4.39 Å². The number of benzene rings is 1. The number of rotatable bonds is 6. The average molecular weight is 410 g/mol. The third kappa shape index (κ3) is 5.08. The highest BCUT2D eigenvalue weighted by Gasteiger charge is 2.27. The molecular formula is C23H24FN3OS. The summed E-state index contributed by atoms with van der Waals surface area (Å²) in [5.74, 6) is -0.186. The maximum Gasteiger partial charge on any atom is 0.223 e. The molecule has 1 amide bonds. The van der Waals surface area contributed by atoms with Gasteiger partial charge in [-0.1, -0.05) is 18.2 Å². The van der Waals surface area contributed by atoms with E-state index in [2.05, 4.69) is 15.2 Å². The molecule has 0 unspecified atom stereocenters. The molecule has 1 fully saturated rings. The summed E-state index contributed by atoms with van der Waals surface area (Å²) < 4.78 is 13.3. The van der Waals surface area contributed by atoms with Crippen LogP contribution in [0.3, 0.4) is 0 Å². The number of thiophene rings is 1. The Labute approximate surface area is 174 Å². The van der Waals surface area contributed by atoms with E-state index in [1.54, 1.807) is 23.5 Å². The van der Waals surface area contributed by atoms with Gasteiger partial charge >= 0.3 is 0 Å². The van der Waals surface area contributed by atoms with E-state index in [1.165, 1.54) is 17.7 Å². The first-order chi connectivity index (χ1) is 14.2. The van der Waals surface area contributed by atoms with E-state index in [4.69, 9.17) is 0 Å². The third-order valence-electron chi connectivity index (χ3n) is 5.43. The van der Waals surface area contributed by atoms with Crippen molar-refractivity contribution in [3.63, 3.8) is 0 Å². The number of carbonyl (C=O) groups is 1. The minimum atomic E-state index is -0.272. The molecule has 0 saturated carbocycles. The fourth-order valence-electron chi connectivity index (χ4n) is 3.79. The van der Waals surface area contributed by atoms with Crippen molar-refractivity contribution >= 4 is 17.2 Å². The van der Waals surface area contributed by atoms with Crippen molar-refractivity contribution in [2.24, 2.45) is 5.92 Å². The van der Waals surface area contributed by atoms with Crippen LogP contribution in [0.25, 0.3) is 0 Å². The minimum Gasteiger partial charge on any atom is -0.344 e. The van der Waals surface area contributed by atoms with Gasteiger partial charge in [-0.3, -0.25) is 14.7 Å². The monoisotopic (exact) mass is 409 g/mol. The Balaban J connectivity index is 1.38. The van der Waals surface area contributed by atoms with Gasteiger partial charge in [0.1, 0.15) is 5.82 Å². The highest BCUT2D eigenvalue weighted by Crippen LogP contribution is 2.28. The largest absolute Gasteiger partial charge is 0.344 e. The third-order valence-corrected chi connectivity index (χ3v) is 6.37. The number of carbonyl (C=O) groups excluding carboxylic acids is 1. The number of piperidine rings is 1. The van der Waals surface area contributed by atoms with Gasteiger partial charge in [0.25, 0.3) is 0 Å². The molecule has 2 aromatic heterocycles. The number of halogens is 1. The van der Waals surface area contributed by atoms with Crippen molar-refractivity contribution in [1.82, 2.24) is 15.2 Å². The highest BCUT2D eigenvalue weighted by molar-refractivity contribution is 7.10. The Morgan fingerprint density at radius 2 is 1.86 bits per heavy atom. The van der Waals surface area contributed by atoms with Crippen LogP contribution in [-0.4, -0.2) is 28.9 Å². The van der Waals surface area contributed by atoms with Gasteiger partial charge in [0, 0.05) is 29.7 Å². The summed E-state index contributed by atoms with van der Waals surface area (Å²) in [5.41, 5.74) is 2.15. The van der Waals surface area contributed by atoms with Gasteiger partial charge in [0.15, 0.2) is 0 Å². The number of hydrogen-bond acceptors (Lipinski definition) is 4. The van der Waals surface area contributed by atoms with Gasteiger partial charge in [0.05, 0.1) is 6.04 Å². The molecule has 4 rings (SSSR count). The number of amides is 1. The van der Waals surface area contributed by atoms with E-state index >= 15 is 0 Å². The molecule has 150 valence electrons. The van der Waals surface area contributed by atoms with Crippen molar-refractivity contribution in [3.8, 4) is 0 Å². The topological polar surface area (TPSA) is 45.2 Å². The van der Waals surface area contributed by atoms with Crippen molar-refractivity contribution in [1.29, 1.82) is 0 Å². The zero-order valence-corrected chi connectivity index (χ0v) is 16.9. The summed E-state index contributed by atoms with van der Waals surface area (Å²) in [6.07, 6.45) is 5.32. The van der Waals surface area contributed by atoms with E-state index in [0.29, 0.717) is 0 Å². The maximum absolute atomic E-state index is 13.3. The van der Waals surface area contributed by atoms with Gasteiger partial charge in [-0.25, -0.2) is 4.39 Å². The summed E-state index contributed by atoms with van der Waals surface area (Å²) >= 11 is 1.60. The maximum atomic E-state index is 13.3. The molecule has 1 saturated heterocycles. The molecular weight excluding hydrogens is 385 g/mol. The lowest BCUT2D eigenvalue weighted by Gasteiger charge is -2.32. The second-order valence-corrected chi connectivity index (χ2v) is 8.39. The minimum absolute atomic E-state index is 0.00611. The SMILES string of the molecule is O=C(N[C@@H](c1ccc(F)cc1)c1cccs1)C1CCN(Cc2ccncc2)CC1. The molecule has 1 aromatic carbocycles. The predicted octanol–water partition coefficient (Wildman–Crippen LogP) is 4.40. The van der Waals surface area contributed by atoms with E-state index in [9.17, 15) is 9.18 Å². The van der Waals surface area contributed by atoms with Gasteiger partial charge < -0.3 is 5.32 Å². The lowest BCUT2D eigenvalue weighted by atomic mass is 9.94. The van der Waals surface area contributed by atoms with Gasteiger partial charge in [-0.2, -0.15) is 0 Å². The van der Waals surface area contributed by atoms with Crippen LogP contribution in [0.15, 0.2) is 66.3 Å². The standard InChI is InChI=1S/C23H24FN3OS/c24-20-5-3-18(4-6-20)22(21-2-1-15-29-21)26-23(28)19-9-13-27(14-10-19)16-17-7-11-25-12-8-17/h1-8,11-12,15,19,22H,9-10,13-14,16H2,(H,26,28)/t22-/m0/s1. The van der Waals surface area contributed by atoms with Crippen LogP contribution in [0.2, 0.25) is 0 Å². The molecule has 0 bridgehead atoms. The van der Waals surface area contributed by atoms with Crippen LogP contribution in [-0.2, 0) is 11.3 Å². The zero-order valence-electron chi connectivity index (χ0n) is 16.1. The Kier molecular flexibility index (Phi) is 6.32. The number of likely N-dealkylation sites (tertiary alicyclic amines) is 1. The van der Waals surface area contributed by atoms with Crippen molar-refractivity contribution in [2.45, 2.75) is 25.4 Å². The van der Waals surface area contributed by atoms with Gasteiger partial charge in [-0.15, -0.1) is 11.3 Å². The second kappa shape index (κ2) is 9.29. The number of nitrogens with zero attached hydrogens (tertiary/aromatic N) is 2. The summed E-state index contributed by atoms with van der Waals surface area (Å²) in [5, 5.41) is 5.21. The van der Waals surface area contributed by atoms with Crippen LogP contribution in [0, 0.1) is 11.7 Å². The molecule has 3 aromatic rings. The second-order valence-electron chi connectivity index (χ2n) is 7.41. The molecule has 1 atom stereocenters. The van der Waals surface area contributed by atoms with Crippen LogP contribution >= 0.6 is 11.3 Å². The molecule has 4 nitrogen and oxygen atoms in total. The number of aromatic nitrogens is 1. The van der Waals surface area contributed by atoms with Crippen LogP contribution in [0.1, 0.15) is 34.9 Å². The van der Waals surface area contributed by atoms with Gasteiger partial charge in [0.2, 0.25) is 5.91 Å². The first kappa shape index (κ1) is 19.7. The highest BCUT2D eigenvalue weighted by atomic mass is 32.1. The van der Waals surface area contributed by atoms with Crippen molar-refractivity contribution in [2.75, 3.05) is 13.1 Å². The lowest BCUT2D eigenvalue weighted by Crippen LogP contribution is -2.41. The average Bonchev–Trinajstić information content (AvgIpc) is 3.28. The van der Waals surface area contributed by atoms with E-state index in [0.717, 1.165) is 42.9 Å². The number of nitrogens with one attached hydrogen (secondary N) is 1. The first-order valence-corrected chi connectivity index (χ1v) is 10.8. The molecule has 3 heterocycles. The van der Waals surface area contributed by atoms with E-state index in [1.807, 2.05) is 42.0 Å². The number of hydrogen-bond donors (Lipinski definition) is 1. The molecule has 1 aliphatic heterocycles. The summed E-state index contributed by atoms with van der Waals surface area (Å²) in [6.45, 7) is 2.70. The molecule has 29 heavy (non-hydrogen) atoms. The van der Waals surface area contributed by atoms with Crippen LogP contribution in [0.5, 0.6) is 0 Å².